The maximum Gasteiger partial charge on any atom is 0.306 e. The summed E-state index contributed by atoms with van der Waals surface area (Å²) in [7, 11) is 1.67. The van der Waals surface area contributed by atoms with E-state index in [4.69, 9.17) is 9.47 Å². The number of aromatic nitrogens is 4. The molecule has 0 saturated heterocycles. The number of ether oxygens (including phenoxy) is 2. The SMILES string of the molecule is CO[C@H]1CCC[C@@H]1OC(=O)CCc1c(C)nc2ncnn2c1C. The number of aryl methyl sites for hydroxylation is 2. The van der Waals surface area contributed by atoms with Gasteiger partial charge in [-0.2, -0.15) is 10.1 Å². The number of carbonyl (C=O) groups excluding carboxylic acids is 1. The van der Waals surface area contributed by atoms with E-state index in [9.17, 15) is 4.79 Å². The monoisotopic (exact) mass is 318 g/mol. The van der Waals surface area contributed by atoms with Crippen LogP contribution in [0.5, 0.6) is 0 Å². The number of esters is 1. The van der Waals surface area contributed by atoms with E-state index in [0.29, 0.717) is 18.6 Å². The van der Waals surface area contributed by atoms with E-state index >= 15 is 0 Å². The molecule has 1 aliphatic rings. The van der Waals surface area contributed by atoms with Gasteiger partial charge in [-0.3, -0.25) is 4.79 Å². The van der Waals surface area contributed by atoms with Gasteiger partial charge < -0.3 is 9.47 Å². The molecule has 0 unspecified atom stereocenters. The van der Waals surface area contributed by atoms with Crippen LogP contribution < -0.4 is 0 Å². The van der Waals surface area contributed by atoms with Crippen LogP contribution in [0.4, 0.5) is 0 Å². The second kappa shape index (κ2) is 6.62. The summed E-state index contributed by atoms with van der Waals surface area (Å²) in [5, 5.41) is 4.16. The van der Waals surface area contributed by atoms with Crippen LogP contribution in [0.2, 0.25) is 0 Å². The molecule has 0 bridgehead atoms. The second-order valence-electron chi connectivity index (χ2n) is 5.97. The molecule has 0 aliphatic heterocycles. The molecule has 2 aromatic rings. The number of rotatable bonds is 5. The van der Waals surface area contributed by atoms with Crippen LogP contribution in [0.3, 0.4) is 0 Å². The van der Waals surface area contributed by atoms with Gasteiger partial charge in [-0.1, -0.05) is 0 Å². The molecule has 0 aromatic carbocycles. The number of methoxy groups -OCH3 is 1. The molecule has 2 atom stereocenters. The highest BCUT2D eigenvalue weighted by atomic mass is 16.6. The highest BCUT2D eigenvalue weighted by Gasteiger charge is 2.30. The average molecular weight is 318 g/mol. The lowest BCUT2D eigenvalue weighted by atomic mass is 10.1. The van der Waals surface area contributed by atoms with Crippen LogP contribution in [-0.4, -0.2) is 44.9 Å². The third-order valence-electron chi connectivity index (χ3n) is 4.55. The minimum Gasteiger partial charge on any atom is -0.460 e. The Morgan fingerprint density at radius 1 is 1.35 bits per heavy atom. The molecule has 7 nitrogen and oxygen atoms in total. The van der Waals surface area contributed by atoms with Crippen LogP contribution in [0.1, 0.15) is 42.6 Å². The molecule has 0 amide bonds. The molecule has 2 heterocycles. The molecule has 1 fully saturated rings. The number of hydrogen-bond acceptors (Lipinski definition) is 6. The minimum absolute atomic E-state index is 0.0376. The van der Waals surface area contributed by atoms with Gasteiger partial charge in [-0.15, -0.1) is 0 Å². The number of carbonyl (C=O) groups is 1. The minimum atomic E-state index is -0.184. The quantitative estimate of drug-likeness (QED) is 0.782. The number of nitrogens with zero attached hydrogens (tertiary/aromatic N) is 4. The largest absolute Gasteiger partial charge is 0.460 e. The lowest BCUT2D eigenvalue weighted by molar-refractivity contribution is -0.154. The predicted octanol–water partition coefficient (Wildman–Crippen LogP) is 1.78. The highest BCUT2D eigenvalue weighted by Crippen LogP contribution is 2.25. The molecular weight excluding hydrogens is 296 g/mol. The first-order chi connectivity index (χ1) is 11.1. The van der Waals surface area contributed by atoms with Crippen LogP contribution in [0.25, 0.3) is 5.78 Å². The molecule has 1 saturated carbocycles. The Kier molecular flexibility index (Phi) is 4.56. The fourth-order valence-electron chi connectivity index (χ4n) is 3.27. The van der Waals surface area contributed by atoms with Gasteiger partial charge in [0.15, 0.2) is 0 Å². The first-order valence-electron chi connectivity index (χ1n) is 7.98. The van der Waals surface area contributed by atoms with Crippen molar-refractivity contribution >= 4 is 11.7 Å². The lowest BCUT2D eigenvalue weighted by Gasteiger charge is -2.19. The topological polar surface area (TPSA) is 78.6 Å². The zero-order valence-corrected chi connectivity index (χ0v) is 13.8. The van der Waals surface area contributed by atoms with E-state index in [1.807, 2.05) is 13.8 Å². The highest BCUT2D eigenvalue weighted by molar-refractivity contribution is 5.70. The van der Waals surface area contributed by atoms with Crippen molar-refractivity contribution in [2.24, 2.45) is 0 Å². The zero-order chi connectivity index (χ0) is 16.4. The van der Waals surface area contributed by atoms with Crippen molar-refractivity contribution < 1.29 is 14.3 Å². The van der Waals surface area contributed by atoms with Crippen LogP contribution in [0.15, 0.2) is 6.33 Å². The van der Waals surface area contributed by atoms with Crippen LogP contribution >= 0.6 is 0 Å². The summed E-state index contributed by atoms with van der Waals surface area (Å²) in [6.45, 7) is 3.90. The van der Waals surface area contributed by atoms with Crippen molar-refractivity contribution in [1.82, 2.24) is 19.6 Å². The Morgan fingerprint density at radius 3 is 2.91 bits per heavy atom. The number of hydrogen-bond donors (Lipinski definition) is 0. The van der Waals surface area contributed by atoms with Gasteiger partial charge in [0.05, 0.1) is 6.10 Å². The summed E-state index contributed by atoms with van der Waals surface area (Å²) in [5.74, 6) is 0.400. The smallest absolute Gasteiger partial charge is 0.306 e. The maximum atomic E-state index is 12.1. The summed E-state index contributed by atoms with van der Waals surface area (Å²) in [5.41, 5.74) is 2.87. The van der Waals surface area contributed by atoms with Gasteiger partial charge in [-0.25, -0.2) is 9.50 Å². The molecule has 23 heavy (non-hydrogen) atoms. The third-order valence-corrected chi connectivity index (χ3v) is 4.55. The first-order valence-corrected chi connectivity index (χ1v) is 7.98. The Hall–Kier alpha value is -2.02. The van der Waals surface area contributed by atoms with Gasteiger partial charge >= 0.3 is 5.97 Å². The molecule has 1 aliphatic carbocycles. The molecule has 0 spiro atoms. The Morgan fingerprint density at radius 2 is 2.13 bits per heavy atom. The van der Waals surface area contributed by atoms with Gasteiger partial charge in [0.1, 0.15) is 12.4 Å². The second-order valence-corrected chi connectivity index (χ2v) is 5.97. The summed E-state index contributed by atoms with van der Waals surface area (Å²) in [6.07, 6.45) is 5.22. The van der Waals surface area contributed by atoms with Gasteiger partial charge in [-0.05, 0) is 45.1 Å². The molecule has 2 aromatic heterocycles. The third kappa shape index (κ3) is 3.19. The van der Waals surface area contributed by atoms with Crippen LogP contribution in [0, 0.1) is 13.8 Å². The van der Waals surface area contributed by atoms with Crippen LogP contribution in [-0.2, 0) is 20.7 Å². The average Bonchev–Trinajstić information content (AvgIpc) is 3.15. The van der Waals surface area contributed by atoms with Crippen molar-refractivity contribution in [3.8, 4) is 0 Å². The molecule has 7 heteroatoms. The molecule has 3 rings (SSSR count). The van der Waals surface area contributed by atoms with Crippen molar-refractivity contribution in [1.29, 1.82) is 0 Å². The summed E-state index contributed by atoms with van der Waals surface area (Å²) < 4.78 is 12.6. The normalized spacial score (nSPS) is 21.0. The Balaban J connectivity index is 1.65. The van der Waals surface area contributed by atoms with Gasteiger partial charge in [0.25, 0.3) is 5.78 Å². The summed E-state index contributed by atoms with van der Waals surface area (Å²) >= 11 is 0. The van der Waals surface area contributed by atoms with Crippen molar-refractivity contribution in [2.45, 2.75) is 58.2 Å². The summed E-state index contributed by atoms with van der Waals surface area (Å²) in [4.78, 5) is 20.7. The summed E-state index contributed by atoms with van der Waals surface area (Å²) in [6, 6.07) is 0. The Labute approximate surface area is 135 Å². The number of fused-ring (bicyclic) bond motifs is 1. The fraction of sp³-hybridized carbons (Fsp3) is 0.625. The lowest BCUT2D eigenvalue weighted by Crippen LogP contribution is -2.27. The van der Waals surface area contributed by atoms with E-state index in [0.717, 1.165) is 36.2 Å². The van der Waals surface area contributed by atoms with E-state index in [1.165, 1.54) is 6.33 Å². The maximum absolute atomic E-state index is 12.1. The first kappa shape index (κ1) is 15.9. The molecular formula is C16H22N4O3. The van der Waals surface area contributed by atoms with Gasteiger partial charge in [0.2, 0.25) is 0 Å². The van der Waals surface area contributed by atoms with Gasteiger partial charge in [0, 0.05) is 24.9 Å². The zero-order valence-electron chi connectivity index (χ0n) is 13.8. The molecule has 124 valence electrons. The van der Waals surface area contributed by atoms with Crippen molar-refractivity contribution in [3.05, 3.63) is 23.3 Å². The Bertz CT molecular complexity index is 713. The standard InChI is InChI=1S/C16H22N4O3/c1-10-12(11(2)20-16(19-10)17-9-18-20)7-8-15(21)23-14-6-4-5-13(14)22-3/h9,13-14H,4-8H2,1-3H3/t13-,14-/m0/s1. The van der Waals surface area contributed by atoms with E-state index in [2.05, 4.69) is 15.1 Å². The van der Waals surface area contributed by atoms with E-state index in [1.54, 1.807) is 11.6 Å². The van der Waals surface area contributed by atoms with E-state index in [-0.39, 0.29) is 18.2 Å². The van der Waals surface area contributed by atoms with Crippen molar-refractivity contribution in [3.63, 3.8) is 0 Å². The molecule has 0 N–H and O–H groups in total. The predicted molar refractivity (Wildman–Crippen MR) is 83.1 cm³/mol. The molecule has 0 radical (unpaired) electrons. The van der Waals surface area contributed by atoms with E-state index < -0.39 is 0 Å². The fourth-order valence-corrected chi connectivity index (χ4v) is 3.27. The van der Waals surface area contributed by atoms with Crippen molar-refractivity contribution in [2.75, 3.05) is 7.11 Å².